The maximum Gasteiger partial charge on any atom is 0.222 e. The average molecular weight is 305 g/mol. The minimum absolute atomic E-state index is 0.0473. The van der Waals surface area contributed by atoms with Crippen molar-refractivity contribution in [1.29, 1.82) is 0 Å². The fourth-order valence-electron chi connectivity index (χ4n) is 1.59. The summed E-state index contributed by atoms with van der Waals surface area (Å²) in [5.41, 5.74) is 5.78. The minimum atomic E-state index is -3.57. The zero-order chi connectivity index (χ0) is 14.6. The highest BCUT2D eigenvalue weighted by Crippen LogP contribution is 2.28. The van der Waals surface area contributed by atoms with Gasteiger partial charge < -0.3 is 10.6 Å². The van der Waals surface area contributed by atoms with Gasteiger partial charge in [-0.2, -0.15) is 0 Å². The summed E-state index contributed by atoms with van der Waals surface area (Å²) in [4.78, 5) is 12.8. The van der Waals surface area contributed by atoms with Gasteiger partial charge in [-0.1, -0.05) is 17.7 Å². The van der Waals surface area contributed by atoms with Crippen LogP contribution in [0, 0.1) is 0 Å². The molecule has 0 aromatic heterocycles. The van der Waals surface area contributed by atoms with Crippen molar-refractivity contribution in [3.05, 3.63) is 23.2 Å². The van der Waals surface area contributed by atoms with E-state index < -0.39 is 9.84 Å². The second-order valence-corrected chi connectivity index (χ2v) is 6.82. The zero-order valence-electron chi connectivity index (χ0n) is 10.9. The Bertz CT molecular complexity index is 550. The third kappa shape index (κ3) is 4.11. The van der Waals surface area contributed by atoms with Crippen molar-refractivity contribution in [2.75, 3.05) is 25.6 Å². The predicted octanol–water partition coefficient (Wildman–Crippen LogP) is 1.56. The van der Waals surface area contributed by atoms with Crippen molar-refractivity contribution < 1.29 is 13.2 Å². The summed E-state index contributed by atoms with van der Waals surface area (Å²) in [5, 5.41) is 0.110. The summed E-state index contributed by atoms with van der Waals surface area (Å²) in [6.07, 6.45) is 0.417. The first-order valence-electron chi connectivity index (χ1n) is 5.72. The van der Waals surface area contributed by atoms with E-state index in [-0.39, 0.29) is 40.1 Å². The molecule has 0 aliphatic heterocycles. The van der Waals surface area contributed by atoms with Crippen LogP contribution in [0.5, 0.6) is 0 Å². The number of hydrogen-bond donors (Lipinski definition) is 1. The standard InChI is InChI=1S/C12H17ClN2O3S/c1-15(2)11(16)7-4-8-19(17,18)12-9(13)5-3-6-10(12)14/h3,5-6H,4,7-8,14H2,1-2H3. The van der Waals surface area contributed by atoms with Gasteiger partial charge in [0.2, 0.25) is 5.91 Å². The zero-order valence-corrected chi connectivity index (χ0v) is 12.5. The number of nitrogen functional groups attached to an aromatic ring is 1. The summed E-state index contributed by atoms with van der Waals surface area (Å²) in [6.45, 7) is 0. The van der Waals surface area contributed by atoms with Crippen molar-refractivity contribution in [2.24, 2.45) is 0 Å². The van der Waals surface area contributed by atoms with E-state index in [0.717, 1.165) is 0 Å². The molecule has 7 heteroatoms. The second kappa shape index (κ2) is 6.25. The summed E-state index contributed by atoms with van der Waals surface area (Å²) in [7, 11) is -0.315. The lowest BCUT2D eigenvalue weighted by Gasteiger charge is -2.11. The van der Waals surface area contributed by atoms with Crippen molar-refractivity contribution in [2.45, 2.75) is 17.7 Å². The molecule has 0 heterocycles. The molecule has 1 aromatic rings. The van der Waals surface area contributed by atoms with Gasteiger partial charge in [-0.25, -0.2) is 8.42 Å². The Hall–Kier alpha value is -1.27. The van der Waals surface area contributed by atoms with E-state index in [1.807, 2.05) is 0 Å². The van der Waals surface area contributed by atoms with Crippen LogP contribution < -0.4 is 5.73 Å². The topological polar surface area (TPSA) is 80.5 Å². The Morgan fingerprint density at radius 3 is 2.53 bits per heavy atom. The number of anilines is 1. The summed E-state index contributed by atoms with van der Waals surface area (Å²) < 4.78 is 24.3. The highest BCUT2D eigenvalue weighted by molar-refractivity contribution is 7.91. The molecule has 0 aliphatic carbocycles. The first-order valence-corrected chi connectivity index (χ1v) is 7.75. The molecule has 0 atom stereocenters. The maximum atomic E-state index is 12.1. The molecule has 0 unspecified atom stereocenters. The lowest BCUT2D eigenvalue weighted by Crippen LogP contribution is -2.22. The number of rotatable bonds is 5. The summed E-state index contributed by atoms with van der Waals surface area (Å²) >= 11 is 5.87. The molecule has 1 rings (SSSR count). The molecule has 2 N–H and O–H groups in total. The van der Waals surface area contributed by atoms with E-state index >= 15 is 0 Å². The van der Waals surface area contributed by atoms with Crippen molar-refractivity contribution >= 4 is 33.0 Å². The Kier molecular flexibility index (Phi) is 5.20. The van der Waals surface area contributed by atoms with Crippen LogP contribution in [-0.2, 0) is 14.6 Å². The molecule has 0 saturated heterocycles. The molecule has 0 spiro atoms. The molecule has 1 amide bonds. The van der Waals surface area contributed by atoms with E-state index in [9.17, 15) is 13.2 Å². The number of sulfone groups is 1. The first-order chi connectivity index (χ1) is 8.75. The van der Waals surface area contributed by atoms with Crippen LogP contribution in [0.1, 0.15) is 12.8 Å². The number of amides is 1. The Morgan fingerprint density at radius 2 is 2.00 bits per heavy atom. The van der Waals surface area contributed by atoms with Gasteiger partial charge in [-0.3, -0.25) is 4.79 Å². The van der Waals surface area contributed by atoms with Crippen molar-refractivity contribution in [3.8, 4) is 0 Å². The third-order valence-corrected chi connectivity index (χ3v) is 4.94. The summed E-state index contributed by atoms with van der Waals surface area (Å²) in [5.74, 6) is -0.261. The van der Waals surface area contributed by atoms with E-state index in [2.05, 4.69) is 0 Å². The van der Waals surface area contributed by atoms with Crippen molar-refractivity contribution in [1.82, 2.24) is 4.90 Å². The van der Waals surface area contributed by atoms with Crippen LogP contribution >= 0.6 is 11.6 Å². The molecular weight excluding hydrogens is 288 g/mol. The van der Waals surface area contributed by atoms with Crippen LogP contribution in [0.2, 0.25) is 5.02 Å². The number of halogens is 1. The maximum absolute atomic E-state index is 12.1. The smallest absolute Gasteiger partial charge is 0.222 e. The van der Waals surface area contributed by atoms with Gasteiger partial charge in [0.05, 0.1) is 16.5 Å². The second-order valence-electron chi connectivity index (χ2n) is 4.37. The number of benzene rings is 1. The van der Waals surface area contributed by atoms with Gasteiger partial charge >= 0.3 is 0 Å². The molecular formula is C12H17ClN2O3S. The Morgan fingerprint density at radius 1 is 1.37 bits per heavy atom. The van der Waals surface area contributed by atoms with Gasteiger partial charge in [0.1, 0.15) is 4.90 Å². The average Bonchev–Trinajstić information content (AvgIpc) is 2.27. The highest BCUT2D eigenvalue weighted by atomic mass is 35.5. The van der Waals surface area contributed by atoms with Gasteiger partial charge in [-0.05, 0) is 18.6 Å². The number of nitrogens with two attached hydrogens (primary N) is 1. The Balaban J connectivity index is 2.80. The molecule has 5 nitrogen and oxygen atoms in total. The number of carbonyl (C=O) groups is 1. The fourth-order valence-corrected chi connectivity index (χ4v) is 3.65. The van der Waals surface area contributed by atoms with Crippen LogP contribution in [0.4, 0.5) is 5.69 Å². The number of carbonyl (C=O) groups excluding carboxylic acids is 1. The first kappa shape index (κ1) is 15.8. The van der Waals surface area contributed by atoms with Gasteiger partial charge in [0, 0.05) is 20.5 Å². The SMILES string of the molecule is CN(C)C(=O)CCCS(=O)(=O)c1c(N)cccc1Cl. The third-order valence-electron chi connectivity index (χ3n) is 2.61. The molecule has 1 aromatic carbocycles. The quantitative estimate of drug-likeness (QED) is 0.837. The minimum Gasteiger partial charge on any atom is -0.398 e. The summed E-state index contributed by atoms with van der Waals surface area (Å²) in [6, 6.07) is 4.56. The molecule has 0 aliphatic rings. The van der Waals surface area contributed by atoms with Crippen LogP contribution in [0.3, 0.4) is 0 Å². The largest absolute Gasteiger partial charge is 0.398 e. The molecule has 0 bridgehead atoms. The molecule has 0 radical (unpaired) electrons. The van der Waals surface area contributed by atoms with Crippen LogP contribution in [-0.4, -0.2) is 39.1 Å². The predicted molar refractivity (Wildman–Crippen MR) is 75.8 cm³/mol. The lowest BCUT2D eigenvalue weighted by atomic mass is 10.3. The molecule has 0 fully saturated rings. The van der Waals surface area contributed by atoms with E-state index in [1.54, 1.807) is 20.2 Å². The molecule has 19 heavy (non-hydrogen) atoms. The Labute approximate surface area is 118 Å². The van der Waals surface area contributed by atoms with E-state index in [0.29, 0.717) is 0 Å². The normalized spacial score (nSPS) is 11.3. The fraction of sp³-hybridized carbons (Fsp3) is 0.417. The lowest BCUT2D eigenvalue weighted by molar-refractivity contribution is -0.128. The number of nitrogens with zero attached hydrogens (tertiary/aromatic N) is 1. The monoisotopic (exact) mass is 304 g/mol. The van der Waals surface area contributed by atoms with E-state index in [1.165, 1.54) is 17.0 Å². The van der Waals surface area contributed by atoms with Crippen LogP contribution in [0.25, 0.3) is 0 Å². The molecule has 106 valence electrons. The van der Waals surface area contributed by atoms with Gasteiger partial charge in [-0.15, -0.1) is 0 Å². The number of hydrogen-bond acceptors (Lipinski definition) is 4. The van der Waals surface area contributed by atoms with Crippen molar-refractivity contribution in [3.63, 3.8) is 0 Å². The highest BCUT2D eigenvalue weighted by Gasteiger charge is 2.21. The van der Waals surface area contributed by atoms with Crippen LogP contribution in [0.15, 0.2) is 23.1 Å². The van der Waals surface area contributed by atoms with Gasteiger partial charge in [0.15, 0.2) is 9.84 Å². The molecule has 0 saturated carbocycles. The van der Waals surface area contributed by atoms with Gasteiger partial charge in [0.25, 0.3) is 0 Å². The van der Waals surface area contributed by atoms with E-state index in [4.69, 9.17) is 17.3 Å².